The molecule has 2 rings (SSSR count). The van der Waals surface area contributed by atoms with Crippen molar-refractivity contribution >= 4 is 17.4 Å². The van der Waals surface area contributed by atoms with E-state index in [4.69, 9.17) is 0 Å². The van der Waals surface area contributed by atoms with Crippen molar-refractivity contribution in [2.45, 2.75) is 33.6 Å². The lowest BCUT2D eigenvalue weighted by atomic mass is 9.95. The van der Waals surface area contributed by atoms with Gasteiger partial charge < -0.3 is 5.32 Å². The molecule has 1 amide bonds. The highest BCUT2D eigenvalue weighted by Gasteiger charge is 2.23. The van der Waals surface area contributed by atoms with E-state index >= 15 is 0 Å². The molecule has 1 aromatic carbocycles. The zero-order valence-corrected chi connectivity index (χ0v) is 10.5. The minimum atomic E-state index is -0.428. The predicted molar refractivity (Wildman–Crippen MR) is 67.2 cm³/mol. The first-order chi connectivity index (χ1) is 7.88. The van der Waals surface area contributed by atoms with E-state index in [0.29, 0.717) is 12.1 Å². The summed E-state index contributed by atoms with van der Waals surface area (Å²) < 4.78 is 0. The van der Waals surface area contributed by atoms with Gasteiger partial charge in [-0.05, 0) is 24.1 Å². The Labute approximate surface area is 101 Å². The van der Waals surface area contributed by atoms with Crippen molar-refractivity contribution in [3.63, 3.8) is 0 Å². The average molecular weight is 231 g/mol. The SMILES string of the molecule is CC(C)(C)C(=O)Nc1ccc2c(c1)C(=O)CC2. The smallest absolute Gasteiger partial charge is 0.229 e. The quantitative estimate of drug-likeness (QED) is 0.807. The van der Waals surface area contributed by atoms with Crippen molar-refractivity contribution < 1.29 is 9.59 Å². The van der Waals surface area contributed by atoms with Crippen LogP contribution < -0.4 is 5.32 Å². The van der Waals surface area contributed by atoms with Gasteiger partial charge in [0.05, 0.1) is 0 Å². The van der Waals surface area contributed by atoms with Gasteiger partial charge >= 0.3 is 0 Å². The first kappa shape index (κ1) is 11.8. The number of benzene rings is 1. The molecular formula is C14H17NO2. The minimum Gasteiger partial charge on any atom is -0.326 e. The fourth-order valence-electron chi connectivity index (χ4n) is 1.83. The van der Waals surface area contributed by atoms with Crippen molar-refractivity contribution in [2.75, 3.05) is 5.32 Å². The molecule has 1 aliphatic carbocycles. The molecule has 0 bridgehead atoms. The lowest BCUT2D eigenvalue weighted by Gasteiger charge is -2.18. The van der Waals surface area contributed by atoms with Gasteiger partial charge in [0.1, 0.15) is 0 Å². The Bertz CT molecular complexity index is 483. The third-order valence-corrected chi connectivity index (χ3v) is 2.97. The number of carbonyl (C=O) groups excluding carboxylic acids is 2. The number of hydrogen-bond donors (Lipinski definition) is 1. The molecule has 0 saturated carbocycles. The number of Topliss-reactive ketones (excluding diaryl/α,β-unsaturated/α-hetero) is 1. The van der Waals surface area contributed by atoms with Gasteiger partial charge in [0.2, 0.25) is 5.91 Å². The summed E-state index contributed by atoms with van der Waals surface area (Å²) in [6.45, 7) is 5.59. The fraction of sp³-hybridized carbons (Fsp3) is 0.429. The van der Waals surface area contributed by atoms with Crippen LogP contribution in [0, 0.1) is 5.41 Å². The summed E-state index contributed by atoms with van der Waals surface area (Å²) in [5, 5.41) is 2.84. The highest BCUT2D eigenvalue weighted by atomic mass is 16.2. The molecule has 3 nitrogen and oxygen atoms in total. The normalized spacial score (nSPS) is 14.6. The Morgan fingerprint density at radius 1 is 1.24 bits per heavy atom. The minimum absolute atomic E-state index is 0.0390. The van der Waals surface area contributed by atoms with Gasteiger partial charge in [-0.3, -0.25) is 9.59 Å². The summed E-state index contributed by atoms with van der Waals surface area (Å²) in [5.41, 5.74) is 2.13. The molecule has 0 spiro atoms. The van der Waals surface area contributed by atoms with Crippen molar-refractivity contribution in [2.24, 2.45) is 5.41 Å². The van der Waals surface area contributed by atoms with E-state index in [1.165, 1.54) is 0 Å². The van der Waals surface area contributed by atoms with Crippen LogP contribution in [0.3, 0.4) is 0 Å². The van der Waals surface area contributed by atoms with E-state index in [2.05, 4.69) is 5.32 Å². The van der Waals surface area contributed by atoms with Crippen molar-refractivity contribution in [3.8, 4) is 0 Å². The van der Waals surface area contributed by atoms with Crippen LogP contribution in [0.4, 0.5) is 5.69 Å². The van der Waals surface area contributed by atoms with Crippen LogP contribution in [-0.2, 0) is 11.2 Å². The van der Waals surface area contributed by atoms with Gasteiger partial charge in [0, 0.05) is 23.1 Å². The van der Waals surface area contributed by atoms with E-state index in [-0.39, 0.29) is 11.7 Å². The van der Waals surface area contributed by atoms with Gasteiger partial charge in [0.25, 0.3) is 0 Å². The molecule has 1 aliphatic rings. The second kappa shape index (κ2) is 3.99. The number of aryl methyl sites for hydroxylation is 1. The lowest BCUT2D eigenvalue weighted by Crippen LogP contribution is -2.27. The molecule has 0 aliphatic heterocycles. The maximum absolute atomic E-state index is 11.8. The topological polar surface area (TPSA) is 46.2 Å². The maximum Gasteiger partial charge on any atom is 0.229 e. The van der Waals surface area contributed by atoms with E-state index in [1.807, 2.05) is 32.9 Å². The second-order valence-corrected chi connectivity index (χ2v) is 5.50. The van der Waals surface area contributed by atoms with Crippen molar-refractivity contribution in [1.29, 1.82) is 0 Å². The maximum atomic E-state index is 11.8. The largest absolute Gasteiger partial charge is 0.326 e. The Balaban J connectivity index is 2.22. The van der Waals surface area contributed by atoms with Gasteiger partial charge in [-0.1, -0.05) is 26.8 Å². The second-order valence-electron chi connectivity index (χ2n) is 5.50. The van der Waals surface area contributed by atoms with E-state index in [0.717, 1.165) is 17.5 Å². The molecule has 0 heterocycles. The fourth-order valence-corrected chi connectivity index (χ4v) is 1.83. The molecule has 0 saturated heterocycles. The number of fused-ring (bicyclic) bond motifs is 1. The summed E-state index contributed by atoms with van der Waals surface area (Å²) >= 11 is 0. The Morgan fingerprint density at radius 2 is 1.94 bits per heavy atom. The predicted octanol–water partition coefficient (Wildman–Crippen LogP) is 2.80. The number of nitrogens with one attached hydrogen (secondary N) is 1. The van der Waals surface area contributed by atoms with Crippen LogP contribution in [-0.4, -0.2) is 11.7 Å². The van der Waals surface area contributed by atoms with Crippen LogP contribution in [0.25, 0.3) is 0 Å². The van der Waals surface area contributed by atoms with E-state index < -0.39 is 5.41 Å². The third kappa shape index (κ3) is 2.38. The molecule has 0 atom stereocenters. The molecular weight excluding hydrogens is 214 g/mol. The first-order valence-corrected chi connectivity index (χ1v) is 5.85. The molecule has 17 heavy (non-hydrogen) atoms. The zero-order chi connectivity index (χ0) is 12.6. The van der Waals surface area contributed by atoms with E-state index in [1.54, 1.807) is 6.07 Å². The van der Waals surface area contributed by atoms with Crippen molar-refractivity contribution in [3.05, 3.63) is 29.3 Å². The molecule has 0 aromatic heterocycles. The Hall–Kier alpha value is -1.64. The van der Waals surface area contributed by atoms with Crippen LogP contribution >= 0.6 is 0 Å². The third-order valence-electron chi connectivity index (χ3n) is 2.97. The number of anilines is 1. The van der Waals surface area contributed by atoms with Gasteiger partial charge in [0.15, 0.2) is 5.78 Å². The average Bonchev–Trinajstić information content (AvgIpc) is 2.59. The number of rotatable bonds is 1. The number of hydrogen-bond acceptors (Lipinski definition) is 2. The van der Waals surface area contributed by atoms with Crippen LogP contribution in [0.5, 0.6) is 0 Å². The number of carbonyl (C=O) groups is 2. The van der Waals surface area contributed by atoms with Crippen LogP contribution in [0.2, 0.25) is 0 Å². The summed E-state index contributed by atoms with van der Waals surface area (Å²) in [4.78, 5) is 23.4. The highest BCUT2D eigenvalue weighted by molar-refractivity contribution is 6.02. The standard InChI is InChI=1S/C14H17NO2/c1-14(2,3)13(17)15-10-6-4-9-5-7-12(16)11(9)8-10/h4,6,8H,5,7H2,1-3H3,(H,15,17). The van der Waals surface area contributed by atoms with Crippen LogP contribution in [0.1, 0.15) is 43.1 Å². The molecule has 0 radical (unpaired) electrons. The van der Waals surface area contributed by atoms with Crippen LogP contribution in [0.15, 0.2) is 18.2 Å². The monoisotopic (exact) mass is 231 g/mol. The van der Waals surface area contributed by atoms with Gasteiger partial charge in [-0.2, -0.15) is 0 Å². The summed E-state index contributed by atoms with van der Waals surface area (Å²) in [6, 6.07) is 5.58. The van der Waals surface area contributed by atoms with E-state index in [9.17, 15) is 9.59 Å². The molecule has 0 unspecified atom stereocenters. The lowest BCUT2D eigenvalue weighted by molar-refractivity contribution is -0.123. The number of ketones is 1. The summed E-state index contributed by atoms with van der Waals surface area (Å²) in [7, 11) is 0. The molecule has 0 fully saturated rings. The zero-order valence-electron chi connectivity index (χ0n) is 10.5. The van der Waals surface area contributed by atoms with Gasteiger partial charge in [-0.25, -0.2) is 0 Å². The van der Waals surface area contributed by atoms with Crippen molar-refractivity contribution in [1.82, 2.24) is 0 Å². The number of amides is 1. The Morgan fingerprint density at radius 3 is 2.59 bits per heavy atom. The molecule has 1 N–H and O–H groups in total. The molecule has 90 valence electrons. The first-order valence-electron chi connectivity index (χ1n) is 5.85. The summed E-state index contributed by atoms with van der Waals surface area (Å²) in [6.07, 6.45) is 1.41. The Kier molecular flexibility index (Phi) is 2.77. The summed E-state index contributed by atoms with van der Waals surface area (Å²) in [5.74, 6) is 0.134. The molecule has 1 aromatic rings. The van der Waals surface area contributed by atoms with Gasteiger partial charge in [-0.15, -0.1) is 0 Å². The highest BCUT2D eigenvalue weighted by Crippen LogP contribution is 2.26. The molecule has 3 heteroatoms.